The number of carbonyl (C=O) groups is 6. The van der Waals surface area contributed by atoms with Gasteiger partial charge >= 0.3 is 5.97 Å². The molecule has 0 aromatic carbocycles. The van der Waals surface area contributed by atoms with Crippen LogP contribution in [0.3, 0.4) is 0 Å². The Kier molecular flexibility index (Phi) is 16.2. The van der Waals surface area contributed by atoms with Crippen molar-refractivity contribution in [2.45, 2.75) is 70.8 Å². The monoisotopic (exact) mass is 548 g/mol. The molecule has 0 saturated heterocycles. The molecule has 0 aliphatic heterocycles. The molecule has 37 heavy (non-hydrogen) atoms. The van der Waals surface area contributed by atoms with Gasteiger partial charge in [0.2, 0.25) is 29.5 Å². The van der Waals surface area contributed by atoms with E-state index < -0.39 is 78.9 Å². The molecule has 0 bridgehead atoms. The van der Waals surface area contributed by atoms with E-state index in [2.05, 4.69) is 26.6 Å². The van der Waals surface area contributed by atoms with Crippen molar-refractivity contribution in [3.63, 3.8) is 0 Å². The van der Waals surface area contributed by atoms with Crippen molar-refractivity contribution in [3.05, 3.63) is 0 Å². The average Bonchev–Trinajstić information content (AvgIpc) is 2.80. The average molecular weight is 549 g/mol. The first-order valence-corrected chi connectivity index (χ1v) is 13.2. The van der Waals surface area contributed by atoms with E-state index in [1.807, 2.05) is 13.8 Å². The van der Waals surface area contributed by atoms with Gasteiger partial charge in [-0.1, -0.05) is 13.8 Å². The highest BCUT2D eigenvalue weighted by molar-refractivity contribution is 7.98. The number of aliphatic hydroxyl groups excluding tert-OH is 1. The normalized spacial score (nSPS) is 14.9. The number of carboxylic acids is 1. The van der Waals surface area contributed by atoms with Gasteiger partial charge in [-0.3, -0.25) is 28.8 Å². The smallest absolute Gasteiger partial charge is 0.322 e. The highest BCUT2D eigenvalue weighted by Crippen LogP contribution is 2.06. The summed E-state index contributed by atoms with van der Waals surface area (Å²) in [6.07, 6.45) is 1.09. The number of hydrogen-bond acceptors (Lipinski definition) is 9. The number of aliphatic hydroxyl groups is 1. The SMILES string of the molecule is CSCC[C@H](NC(=O)[C@@H](NC(=O)[C@@H](N)CC(C)C)[C@@H](C)O)C(=O)NCC(=O)N[C@@H](C)C(=O)NCC(=O)O. The minimum Gasteiger partial charge on any atom is -0.480 e. The van der Waals surface area contributed by atoms with E-state index in [1.54, 1.807) is 6.26 Å². The van der Waals surface area contributed by atoms with Gasteiger partial charge in [0.15, 0.2) is 0 Å². The van der Waals surface area contributed by atoms with E-state index in [1.165, 1.54) is 25.6 Å². The fourth-order valence-electron chi connectivity index (χ4n) is 3.01. The molecule has 0 saturated carbocycles. The molecule has 5 amide bonds. The maximum atomic E-state index is 12.8. The maximum absolute atomic E-state index is 12.8. The third kappa shape index (κ3) is 14.4. The molecule has 15 heteroatoms. The van der Waals surface area contributed by atoms with Crippen LogP contribution in [0.2, 0.25) is 0 Å². The van der Waals surface area contributed by atoms with Gasteiger partial charge in [0.1, 0.15) is 24.7 Å². The van der Waals surface area contributed by atoms with Crippen LogP contribution in [0.1, 0.15) is 40.5 Å². The molecule has 0 spiro atoms. The van der Waals surface area contributed by atoms with Gasteiger partial charge in [-0.05, 0) is 44.6 Å². The minimum absolute atomic E-state index is 0.138. The zero-order chi connectivity index (χ0) is 28.7. The van der Waals surface area contributed by atoms with Crippen molar-refractivity contribution in [2.24, 2.45) is 11.7 Å². The summed E-state index contributed by atoms with van der Waals surface area (Å²) in [5.41, 5.74) is 5.85. The van der Waals surface area contributed by atoms with Gasteiger partial charge in [-0.25, -0.2) is 0 Å². The Morgan fingerprint density at radius 2 is 1.43 bits per heavy atom. The summed E-state index contributed by atoms with van der Waals surface area (Å²) in [6.45, 7) is 5.31. The Balaban J connectivity index is 5.10. The van der Waals surface area contributed by atoms with Crippen LogP contribution in [-0.2, 0) is 28.8 Å². The standard InChI is InChI=1S/C22H40N6O8S/c1-11(2)8-14(23)20(34)28-18(13(4)29)22(36)27-15(6-7-37-5)21(35)24-9-16(30)26-12(3)19(33)25-10-17(31)32/h11-15,18,29H,6-10,23H2,1-5H3,(H,24,35)(H,25,33)(H,26,30)(H,27,36)(H,28,34)(H,31,32)/t12-,13+,14-,15-,18-/m0/s1. The molecular weight excluding hydrogens is 508 g/mol. The van der Waals surface area contributed by atoms with E-state index in [0.717, 1.165) is 0 Å². The number of rotatable bonds is 17. The van der Waals surface area contributed by atoms with E-state index in [4.69, 9.17) is 10.8 Å². The van der Waals surface area contributed by atoms with Crippen LogP contribution in [-0.4, -0.2) is 101 Å². The van der Waals surface area contributed by atoms with Crippen molar-refractivity contribution in [2.75, 3.05) is 25.1 Å². The summed E-state index contributed by atoms with van der Waals surface area (Å²) >= 11 is 1.42. The number of thioether (sulfide) groups is 1. The molecule has 0 aromatic heterocycles. The Morgan fingerprint density at radius 3 is 1.95 bits per heavy atom. The summed E-state index contributed by atoms with van der Waals surface area (Å²) in [6, 6.07) is -4.36. The van der Waals surface area contributed by atoms with Crippen molar-refractivity contribution in [1.82, 2.24) is 26.6 Å². The van der Waals surface area contributed by atoms with Crippen LogP contribution in [0.5, 0.6) is 0 Å². The van der Waals surface area contributed by atoms with Crippen molar-refractivity contribution >= 4 is 47.3 Å². The molecule has 212 valence electrons. The van der Waals surface area contributed by atoms with Gasteiger partial charge < -0.3 is 42.5 Å². The molecule has 5 atom stereocenters. The van der Waals surface area contributed by atoms with Gasteiger partial charge in [0.05, 0.1) is 18.7 Å². The summed E-state index contributed by atoms with van der Waals surface area (Å²) in [5, 5.41) is 30.4. The summed E-state index contributed by atoms with van der Waals surface area (Å²) in [7, 11) is 0. The Labute approximate surface area is 220 Å². The largest absolute Gasteiger partial charge is 0.480 e. The third-order valence-electron chi connectivity index (χ3n) is 4.98. The molecular formula is C22H40N6O8S. The first kappa shape index (κ1) is 34.1. The number of nitrogens with two attached hydrogens (primary N) is 1. The Hall–Kier alpha value is -2.91. The maximum Gasteiger partial charge on any atom is 0.322 e. The molecule has 0 fully saturated rings. The van der Waals surface area contributed by atoms with Gasteiger partial charge in [0.25, 0.3) is 0 Å². The highest BCUT2D eigenvalue weighted by atomic mass is 32.2. The molecule has 14 nitrogen and oxygen atoms in total. The molecule has 0 aromatic rings. The fourth-order valence-corrected chi connectivity index (χ4v) is 3.48. The summed E-state index contributed by atoms with van der Waals surface area (Å²) in [5.74, 6) is -4.15. The molecule has 0 aliphatic rings. The molecule has 9 N–H and O–H groups in total. The Morgan fingerprint density at radius 1 is 0.838 bits per heavy atom. The predicted octanol–water partition coefficient (Wildman–Crippen LogP) is -2.71. The minimum atomic E-state index is -1.36. The summed E-state index contributed by atoms with van der Waals surface area (Å²) in [4.78, 5) is 72.3. The lowest BCUT2D eigenvalue weighted by atomic mass is 10.0. The van der Waals surface area contributed by atoms with Crippen LogP contribution in [0.25, 0.3) is 0 Å². The first-order chi connectivity index (χ1) is 17.2. The van der Waals surface area contributed by atoms with Crippen LogP contribution in [0.15, 0.2) is 0 Å². The molecule has 0 heterocycles. The van der Waals surface area contributed by atoms with Crippen molar-refractivity contribution < 1.29 is 39.0 Å². The van der Waals surface area contributed by atoms with Crippen LogP contribution >= 0.6 is 11.8 Å². The second-order valence-electron chi connectivity index (χ2n) is 8.92. The van der Waals surface area contributed by atoms with Gasteiger partial charge in [-0.2, -0.15) is 11.8 Å². The predicted molar refractivity (Wildman–Crippen MR) is 137 cm³/mol. The zero-order valence-electron chi connectivity index (χ0n) is 21.8. The van der Waals surface area contributed by atoms with Crippen molar-refractivity contribution in [3.8, 4) is 0 Å². The second-order valence-corrected chi connectivity index (χ2v) is 9.91. The molecule has 0 radical (unpaired) electrons. The molecule has 0 unspecified atom stereocenters. The van der Waals surface area contributed by atoms with Crippen LogP contribution in [0.4, 0.5) is 0 Å². The van der Waals surface area contributed by atoms with Crippen LogP contribution < -0.4 is 32.3 Å². The number of carboxylic acid groups (broad SMARTS) is 1. The van der Waals surface area contributed by atoms with E-state index in [0.29, 0.717) is 12.2 Å². The van der Waals surface area contributed by atoms with E-state index in [9.17, 15) is 33.9 Å². The zero-order valence-corrected chi connectivity index (χ0v) is 22.6. The third-order valence-corrected chi connectivity index (χ3v) is 5.62. The first-order valence-electron chi connectivity index (χ1n) is 11.8. The molecule has 0 rings (SSSR count). The number of aliphatic carboxylic acids is 1. The lowest BCUT2D eigenvalue weighted by Gasteiger charge is -2.26. The van der Waals surface area contributed by atoms with Gasteiger partial charge in [0, 0.05) is 0 Å². The topological polar surface area (TPSA) is 229 Å². The van der Waals surface area contributed by atoms with Gasteiger partial charge in [-0.15, -0.1) is 0 Å². The highest BCUT2D eigenvalue weighted by Gasteiger charge is 2.31. The van der Waals surface area contributed by atoms with Crippen LogP contribution in [0, 0.1) is 5.92 Å². The number of nitrogens with one attached hydrogen (secondary N) is 5. The Bertz CT molecular complexity index is 810. The van der Waals surface area contributed by atoms with E-state index in [-0.39, 0.29) is 12.3 Å². The number of hydrogen-bond donors (Lipinski definition) is 8. The lowest BCUT2D eigenvalue weighted by Crippen LogP contribution is -2.59. The fraction of sp³-hybridized carbons (Fsp3) is 0.727. The quantitative estimate of drug-likeness (QED) is 0.0936. The number of carbonyl (C=O) groups excluding carboxylic acids is 5. The second kappa shape index (κ2) is 17.5. The van der Waals surface area contributed by atoms with E-state index >= 15 is 0 Å². The van der Waals surface area contributed by atoms with Crippen molar-refractivity contribution in [1.29, 1.82) is 0 Å². The number of amides is 5. The summed E-state index contributed by atoms with van der Waals surface area (Å²) < 4.78 is 0. The molecule has 0 aliphatic carbocycles. The lowest BCUT2D eigenvalue weighted by molar-refractivity contribution is -0.138.